The minimum Gasteiger partial charge on any atom is -0.469 e. The number of carbonyl (C=O) groups excluding carboxylic acids is 1. The zero-order chi connectivity index (χ0) is 8.97. The lowest BCUT2D eigenvalue weighted by molar-refractivity contribution is -0.143. The van der Waals surface area contributed by atoms with Crippen LogP contribution in [0, 0.1) is 0 Å². The van der Waals surface area contributed by atoms with Gasteiger partial charge in [-0.2, -0.15) is 0 Å². The molecular weight excluding hydrogens is 160 g/mol. The molecule has 0 saturated carbocycles. The van der Waals surface area contributed by atoms with Gasteiger partial charge in [-0.15, -0.1) is 0 Å². The quantitative estimate of drug-likeness (QED) is 0.465. The number of rotatable bonds is 2. The maximum atomic E-state index is 10.8. The van der Waals surface area contributed by atoms with E-state index in [9.17, 15) is 4.79 Å². The number of esters is 1. The van der Waals surface area contributed by atoms with Crippen molar-refractivity contribution in [3.63, 3.8) is 0 Å². The Bertz CT molecular complexity index is 187. The Labute approximate surface area is 70.8 Å². The fourth-order valence-corrected chi connectivity index (χ4v) is 0.960. The van der Waals surface area contributed by atoms with Crippen LogP contribution in [0.5, 0.6) is 0 Å². The molecule has 1 heterocycles. The lowest BCUT2D eigenvalue weighted by atomic mass is 10.1. The van der Waals surface area contributed by atoms with E-state index >= 15 is 0 Å². The summed E-state index contributed by atoms with van der Waals surface area (Å²) >= 11 is 0. The predicted molar refractivity (Wildman–Crippen MR) is 41.5 cm³/mol. The summed E-state index contributed by atoms with van der Waals surface area (Å²) in [5.74, 6) is -0.305. The molecule has 2 atom stereocenters. The third-order valence-electron chi connectivity index (χ3n) is 1.62. The molecule has 1 rings (SSSR count). The molecule has 0 aromatic carbocycles. The molecule has 0 bridgehead atoms. The Morgan fingerprint density at radius 3 is 3.00 bits per heavy atom. The molecule has 0 aliphatic carbocycles. The number of methoxy groups -OCH3 is 1. The molecule has 0 aromatic rings. The fraction of sp³-hybridized carbons (Fsp3) is 0.625. The monoisotopic (exact) mass is 172 g/mol. The van der Waals surface area contributed by atoms with Crippen molar-refractivity contribution >= 4 is 5.97 Å². The molecule has 0 saturated heterocycles. The highest BCUT2D eigenvalue weighted by atomic mass is 16.5. The van der Waals surface area contributed by atoms with E-state index in [1.165, 1.54) is 7.11 Å². The van der Waals surface area contributed by atoms with E-state index in [2.05, 4.69) is 4.74 Å². The van der Waals surface area contributed by atoms with Crippen LogP contribution in [0.25, 0.3) is 0 Å². The Kier molecular flexibility index (Phi) is 3.25. The van der Waals surface area contributed by atoms with E-state index in [0.717, 1.165) is 0 Å². The Balaban J connectivity index is 2.35. The smallest absolute Gasteiger partial charge is 0.308 e. The largest absolute Gasteiger partial charge is 0.469 e. The first-order valence-electron chi connectivity index (χ1n) is 3.77. The number of hydrogen-bond acceptors (Lipinski definition) is 4. The summed E-state index contributed by atoms with van der Waals surface area (Å²) in [7, 11) is 1.34. The highest BCUT2D eigenvalue weighted by Crippen LogP contribution is 2.09. The van der Waals surface area contributed by atoms with Gasteiger partial charge in [-0.05, 0) is 0 Å². The molecule has 1 aliphatic heterocycles. The first-order chi connectivity index (χ1) is 5.72. The van der Waals surface area contributed by atoms with Gasteiger partial charge in [0.25, 0.3) is 0 Å². The number of hydrogen-bond donors (Lipinski definition) is 1. The highest BCUT2D eigenvalue weighted by Gasteiger charge is 2.17. The predicted octanol–water partition coefficient (Wildman–Crippen LogP) is -0.135. The molecule has 0 aromatic heterocycles. The average molecular weight is 172 g/mol. The molecule has 1 aliphatic rings. The zero-order valence-corrected chi connectivity index (χ0v) is 6.90. The van der Waals surface area contributed by atoms with Gasteiger partial charge in [0.15, 0.2) is 0 Å². The topological polar surface area (TPSA) is 55.8 Å². The molecule has 0 radical (unpaired) electrons. The van der Waals surface area contributed by atoms with Crippen molar-refractivity contribution in [2.24, 2.45) is 0 Å². The highest BCUT2D eigenvalue weighted by molar-refractivity contribution is 5.70. The number of aliphatic hydroxyl groups excluding tert-OH is 1. The van der Waals surface area contributed by atoms with E-state index in [-0.39, 0.29) is 25.1 Å². The molecule has 0 fully saturated rings. The summed E-state index contributed by atoms with van der Waals surface area (Å²) in [4.78, 5) is 10.8. The molecule has 12 heavy (non-hydrogen) atoms. The van der Waals surface area contributed by atoms with Crippen molar-refractivity contribution in [3.05, 3.63) is 12.2 Å². The SMILES string of the molecule is COC(=O)C[C@H]1C=C[C@H](O)CO1. The summed E-state index contributed by atoms with van der Waals surface area (Å²) < 4.78 is 9.59. The second-order valence-corrected chi connectivity index (χ2v) is 2.60. The molecule has 0 amide bonds. The maximum absolute atomic E-state index is 10.8. The van der Waals surface area contributed by atoms with Crippen molar-refractivity contribution in [1.82, 2.24) is 0 Å². The second kappa shape index (κ2) is 4.23. The molecular formula is C8H12O4. The van der Waals surface area contributed by atoms with E-state index in [4.69, 9.17) is 9.84 Å². The van der Waals surface area contributed by atoms with Crippen LogP contribution in [0.2, 0.25) is 0 Å². The van der Waals surface area contributed by atoms with E-state index in [1.807, 2.05) is 0 Å². The average Bonchev–Trinajstić information content (AvgIpc) is 2.09. The molecule has 0 spiro atoms. The zero-order valence-electron chi connectivity index (χ0n) is 6.90. The first kappa shape index (κ1) is 9.22. The number of carbonyl (C=O) groups is 1. The van der Waals surface area contributed by atoms with Crippen LogP contribution >= 0.6 is 0 Å². The lowest BCUT2D eigenvalue weighted by Crippen LogP contribution is -2.26. The Morgan fingerprint density at radius 1 is 1.75 bits per heavy atom. The second-order valence-electron chi connectivity index (χ2n) is 2.60. The van der Waals surface area contributed by atoms with Gasteiger partial charge in [-0.1, -0.05) is 12.2 Å². The van der Waals surface area contributed by atoms with Crippen molar-refractivity contribution in [2.45, 2.75) is 18.6 Å². The molecule has 4 heteroatoms. The normalized spacial score (nSPS) is 28.5. The minimum atomic E-state index is -0.543. The van der Waals surface area contributed by atoms with Gasteiger partial charge in [0.2, 0.25) is 0 Å². The third-order valence-corrected chi connectivity index (χ3v) is 1.62. The standard InChI is InChI=1S/C8H12O4/c1-11-8(10)4-7-3-2-6(9)5-12-7/h2-3,6-7,9H,4-5H2,1H3/t6-,7+/m0/s1. The summed E-state index contributed by atoms with van der Waals surface area (Å²) in [6.45, 7) is 0.248. The minimum absolute atomic E-state index is 0.208. The van der Waals surface area contributed by atoms with Crippen molar-refractivity contribution in [2.75, 3.05) is 13.7 Å². The van der Waals surface area contributed by atoms with Crippen molar-refractivity contribution in [3.8, 4) is 0 Å². The van der Waals surface area contributed by atoms with Crippen LogP contribution in [0.1, 0.15) is 6.42 Å². The lowest BCUT2D eigenvalue weighted by Gasteiger charge is -2.19. The third kappa shape index (κ3) is 2.64. The summed E-state index contributed by atoms with van der Waals surface area (Å²) in [6.07, 6.45) is 2.71. The number of ether oxygens (including phenoxy) is 2. The van der Waals surface area contributed by atoms with Gasteiger partial charge in [-0.3, -0.25) is 4.79 Å². The van der Waals surface area contributed by atoms with Crippen LogP contribution in [-0.4, -0.2) is 37.0 Å². The number of aliphatic hydroxyl groups is 1. The van der Waals surface area contributed by atoms with Crippen LogP contribution in [0.3, 0.4) is 0 Å². The summed E-state index contributed by atoms with van der Waals surface area (Å²) in [5.41, 5.74) is 0. The van der Waals surface area contributed by atoms with E-state index in [0.29, 0.717) is 0 Å². The van der Waals surface area contributed by atoms with E-state index in [1.54, 1.807) is 12.2 Å². The van der Waals surface area contributed by atoms with Gasteiger partial charge in [0, 0.05) is 0 Å². The van der Waals surface area contributed by atoms with Gasteiger partial charge >= 0.3 is 5.97 Å². The summed E-state index contributed by atoms with van der Waals surface area (Å²) in [6, 6.07) is 0. The molecule has 0 unspecified atom stereocenters. The molecule has 68 valence electrons. The van der Waals surface area contributed by atoms with Gasteiger partial charge < -0.3 is 14.6 Å². The van der Waals surface area contributed by atoms with Gasteiger partial charge in [-0.25, -0.2) is 0 Å². The van der Waals surface area contributed by atoms with Crippen LogP contribution in [-0.2, 0) is 14.3 Å². The first-order valence-corrected chi connectivity index (χ1v) is 3.77. The van der Waals surface area contributed by atoms with Crippen LogP contribution in [0.15, 0.2) is 12.2 Å². The Hall–Kier alpha value is -0.870. The molecule has 4 nitrogen and oxygen atoms in total. The van der Waals surface area contributed by atoms with Gasteiger partial charge in [0.05, 0.1) is 32.3 Å². The fourth-order valence-electron chi connectivity index (χ4n) is 0.960. The van der Waals surface area contributed by atoms with Crippen molar-refractivity contribution < 1.29 is 19.4 Å². The van der Waals surface area contributed by atoms with Crippen molar-refractivity contribution in [1.29, 1.82) is 0 Å². The maximum Gasteiger partial charge on any atom is 0.308 e. The molecule has 1 N–H and O–H groups in total. The Morgan fingerprint density at radius 2 is 2.50 bits per heavy atom. The van der Waals surface area contributed by atoms with Crippen LogP contribution < -0.4 is 0 Å². The van der Waals surface area contributed by atoms with Crippen LogP contribution in [0.4, 0.5) is 0 Å². The summed E-state index contributed by atoms with van der Waals surface area (Å²) in [5, 5.41) is 8.99. The van der Waals surface area contributed by atoms with Gasteiger partial charge in [0.1, 0.15) is 0 Å². The van der Waals surface area contributed by atoms with E-state index < -0.39 is 6.10 Å².